The van der Waals surface area contributed by atoms with Crippen LogP contribution < -0.4 is 0 Å². The third-order valence-electron chi connectivity index (χ3n) is 5.09. The van der Waals surface area contributed by atoms with E-state index in [1.807, 2.05) is 42.6 Å². The summed E-state index contributed by atoms with van der Waals surface area (Å²) < 4.78 is 22.2. The van der Waals surface area contributed by atoms with E-state index >= 15 is 0 Å². The number of aromatic nitrogens is 1. The number of carbonyl (C=O) groups excluding carboxylic acids is 1. The summed E-state index contributed by atoms with van der Waals surface area (Å²) in [5.74, 6) is -0.0959. The van der Waals surface area contributed by atoms with E-state index < -0.39 is 7.60 Å². The number of nitrogens with one attached hydrogen (secondary N) is 1. The molecule has 0 bridgehead atoms. The van der Waals surface area contributed by atoms with Crippen molar-refractivity contribution in [2.24, 2.45) is 0 Å². The Kier molecular flexibility index (Phi) is 6.84. The molecule has 1 unspecified atom stereocenters. The number of hydrogen-bond donors (Lipinski definition) is 1. The van der Waals surface area contributed by atoms with Gasteiger partial charge in [0.05, 0.1) is 0 Å². The van der Waals surface area contributed by atoms with Crippen molar-refractivity contribution in [1.29, 1.82) is 0 Å². The topological polar surface area (TPSA) is 68.4 Å². The number of fused-ring (bicyclic) bond motifs is 1. The number of Topliss-reactive ketones (excluding diaryl/α,β-unsaturated/α-hetero) is 1. The zero-order chi connectivity index (χ0) is 20.0. The molecule has 1 heterocycles. The van der Waals surface area contributed by atoms with E-state index in [1.54, 1.807) is 0 Å². The molecule has 0 aliphatic heterocycles. The molecule has 0 amide bonds. The lowest BCUT2D eigenvalue weighted by Gasteiger charge is -2.18. The first-order chi connectivity index (χ1) is 13.5. The Morgan fingerprint density at radius 1 is 1.04 bits per heavy atom. The van der Waals surface area contributed by atoms with Crippen molar-refractivity contribution in [1.82, 2.24) is 4.98 Å². The molecule has 148 valence electrons. The summed E-state index contributed by atoms with van der Waals surface area (Å²) in [5.41, 5.74) is 3.40. The molecule has 0 aliphatic carbocycles. The fourth-order valence-electron chi connectivity index (χ4n) is 3.54. The Morgan fingerprint density at radius 2 is 1.71 bits per heavy atom. The molecule has 0 saturated carbocycles. The van der Waals surface area contributed by atoms with Gasteiger partial charge in [-0.25, -0.2) is 0 Å². The second-order valence-electron chi connectivity index (χ2n) is 6.89. The monoisotopic (exact) mass is 399 g/mol. The van der Waals surface area contributed by atoms with Gasteiger partial charge in [0.1, 0.15) is 11.9 Å². The molecular weight excluding hydrogens is 373 g/mol. The van der Waals surface area contributed by atoms with Gasteiger partial charge in [0, 0.05) is 37.7 Å². The number of aromatic amines is 1. The molecule has 0 saturated heterocycles. The lowest BCUT2D eigenvalue weighted by atomic mass is 9.88. The number of hydrogen-bond acceptors (Lipinski definition) is 4. The molecule has 1 atom stereocenters. The van der Waals surface area contributed by atoms with E-state index in [0.29, 0.717) is 6.42 Å². The summed E-state index contributed by atoms with van der Waals surface area (Å²) in [4.78, 5) is 16.0. The van der Waals surface area contributed by atoms with Crippen LogP contribution in [0.15, 0.2) is 60.8 Å². The highest BCUT2D eigenvalue weighted by Crippen LogP contribution is 2.47. The lowest BCUT2D eigenvalue weighted by Crippen LogP contribution is -2.13. The molecule has 6 heteroatoms. The number of carbonyl (C=O) groups is 1. The average molecular weight is 399 g/mol. The van der Waals surface area contributed by atoms with Crippen LogP contribution >= 0.6 is 7.60 Å². The third-order valence-corrected chi connectivity index (χ3v) is 6.94. The second kappa shape index (κ2) is 9.33. The van der Waals surface area contributed by atoms with Crippen LogP contribution in [0, 0.1) is 0 Å². The van der Waals surface area contributed by atoms with Crippen LogP contribution in [0.3, 0.4) is 0 Å². The first-order valence-corrected chi connectivity index (χ1v) is 11.1. The van der Waals surface area contributed by atoms with Crippen LogP contribution in [-0.2, 0) is 24.8 Å². The van der Waals surface area contributed by atoms with Gasteiger partial charge in [-0.2, -0.15) is 0 Å². The second-order valence-corrected chi connectivity index (χ2v) is 9.16. The number of rotatable bonds is 10. The van der Waals surface area contributed by atoms with E-state index in [9.17, 15) is 9.36 Å². The predicted octanol–water partition coefficient (Wildman–Crippen LogP) is 5.33. The van der Waals surface area contributed by atoms with Crippen LogP contribution in [0.1, 0.15) is 29.9 Å². The van der Waals surface area contributed by atoms with Gasteiger partial charge in [0.15, 0.2) is 0 Å². The van der Waals surface area contributed by atoms with Crippen LogP contribution in [0.2, 0.25) is 0 Å². The largest absolute Gasteiger partial charge is 0.361 e. The molecule has 28 heavy (non-hydrogen) atoms. The molecule has 3 rings (SSSR count). The molecule has 3 aromatic rings. The van der Waals surface area contributed by atoms with E-state index in [1.165, 1.54) is 19.8 Å². The maximum Gasteiger partial charge on any atom is 0.337 e. The number of H-pyrrole nitrogens is 1. The predicted molar refractivity (Wildman–Crippen MR) is 112 cm³/mol. The minimum atomic E-state index is -3.35. The SMILES string of the molecule is COP(=O)(CC(=O)CC(CCc1ccccc1)c1c[nH]c2ccccc12)OC. The molecule has 0 radical (unpaired) electrons. The van der Waals surface area contributed by atoms with Crippen LogP contribution in [0.25, 0.3) is 10.9 Å². The molecule has 0 spiro atoms. The highest BCUT2D eigenvalue weighted by Gasteiger charge is 2.28. The quantitative estimate of drug-likeness (QED) is 0.468. The Bertz CT molecular complexity index is 959. The fourth-order valence-corrected chi connectivity index (χ4v) is 4.51. The lowest BCUT2D eigenvalue weighted by molar-refractivity contribution is -0.117. The van der Waals surface area contributed by atoms with Crippen molar-refractivity contribution >= 4 is 24.3 Å². The number of aryl methyl sites for hydroxylation is 1. The Labute approximate surface area is 165 Å². The Morgan fingerprint density at radius 3 is 2.43 bits per heavy atom. The minimum Gasteiger partial charge on any atom is -0.361 e. The first-order valence-electron chi connectivity index (χ1n) is 9.37. The minimum absolute atomic E-state index is 0.0195. The maximum absolute atomic E-state index is 12.7. The molecule has 0 fully saturated rings. The molecule has 2 aromatic carbocycles. The smallest absolute Gasteiger partial charge is 0.337 e. The Hall–Kier alpha value is -2.20. The summed E-state index contributed by atoms with van der Waals surface area (Å²) in [6.45, 7) is 0. The van der Waals surface area contributed by atoms with E-state index in [2.05, 4.69) is 23.2 Å². The molecule has 5 nitrogen and oxygen atoms in total. The van der Waals surface area contributed by atoms with Gasteiger partial charge < -0.3 is 14.0 Å². The van der Waals surface area contributed by atoms with Crippen LogP contribution in [-0.4, -0.2) is 31.1 Å². The highest BCUT2D eigenvalue weighted by molar-refractivity contribution is 7.54. The third kappa shape index (κ3) is 4.99. The maximum atomic E-state index is 12.7. The van der Waals surface area contributed by atoms with E-state index in [4.69, 9.17) is 9.05 Å². The van der Waals surface area contributed by atoms with Gasteiger partial charge in [-0.1, -0.05) is 48.5 Å². The number of benzene rings is 2. The normalized spacial score (nSPS) is 12.9. The number of para-hydroxylation sites is 1. The van der Waals surface area contributed by atoms with Gasteiger partial charge in [-0.15, -0.1) is 0 Å². The van der Waals surface area contributed by atoms with Crippen molar-refractivity contribution in [3.63, 3.8) is 0 Å². The molecular formula is C22H26NO4P. The van der Waals surface area contributed by atoms with E-state index in [0.717, 1.165) is 29.3 Å². The van der Waals surface area contributed by atoms with Gasteiger partial charge >= 0.3 is 7.60 Å². The fraction of sp³-hybridized carbons (Fsp3) is 0.318. The molecule has 1 aromatic heterocycles. The highest BCUT2D eigenvalue weighted by atomic mass is 31.2. The van der Waals surface area contributed by atoms with Crippen molar-refractivity contribution in [3.8, 4) is 0 Å². The van der Waals surface area contributed by atoms with Crippen molar-refractivity contribution in [2.75, 3.05) is 20.4 Å². The van der Waals surface area contributed by atoms with Gasteiger partial charge in [0.2, 0.25) is 0 Å². The van der Waals surface area contributed by atoms with Gasteiger partial charge in [-0.3, -0.25) is 9.36 Å². The summed E-state index contributed by atoms with van der Waals surface area (Å²) >= 11 is 0. The number of ketones is 1. The van der Waals surface area contributed by atoms with Crippen molar-refractivity contribution in [2.45, 2.75) is 25.2 Å². The van der Waals surface area contributed by atoms with Gasteiger partial charge in [0.25, 0.3) is 0 Å². The van der Waals surface area contributed by atoms with Crippen LogP contribution in [0.4, 0.5) is 0 Å². The van der Waals surface area contributed by atoms with Crippen molar-refractivity contribution < 1.29 is 18.4 Å². The standard InChI is InChI=1S/C22H26NO4P/c1-26-28(25,27-2)16-19(24)14-18(13-12-17-8-4-3-5-9-17)21-15-23-22-11-7-6-10-20(21)22/h3-11,15,18,23H,12-14,16H2,1-2H3. The molecule has 0 aliphatic rings. The average Bonchev–Trinajstić information content (AvgIpc) is 3.16. The zero-order valence-corrected chi connectivity index (χ0v) is 17.2. The molecule has 1 N–H and O–H groups in total. The Balaban J connectivity index is 1.82. The van der Waals surface area contributed by atoms with Crippen LogP contribution in [0.5, 0.6) is 0 Å². The zero-order valence-electron chi connectivity index (χ0n) is 16.3. The summed E-state index contributed by atoms with van der Waals surface area (Å²) in [5, 5.41) is 1.12. The summed E-state index contributed by atoms with van der Waals surface area (Å²) in [6, 6.07) is 18.3. The summed E-state index contributed by atoms with van der Waals surface area (Å²) in [6.07, 6.45) is 3.77. The van der Waals surface area contributed by atoms with Crippen molar-refractivity contribution in [3.05, 3.63) is 71.9 Å². The summed E-state index contributed by atoms with van der Waals surface area (Å²) in [7, 11) is -0.733. The van der Waals surface area contributed by atoms with Gasteiger partial charge in [-0.05, 0) is 36.0 Å². The first kappa shape index (κ1) is 20.5. The van der Waals surface area contributed by atoms with E-state index in [-0.39, 0.29) is 17.9 Å².